The van der Waals surface area contributed by atoms with Crippen molar-refractivity contribution in [3.63, 3.8) is 0 Å². The van der Waals surface area contributed by atoms with Crippen molar-refractivity contribution in [1.29, 1.82) is 5.26 Å². The van der Waals surface area contributed by atoms with Gasteiger partial charge in [-0.1, -0.05) is 0 Å². The smallest absolute Gasteiger partial charge is 0.418 e. The molecule has 0 fully saturated rings. The average molecular weight is 280 g/mol. The molecule has 0 saturated heterocycles. The van der Waals surface area contributed by atoms with E-state index in [1.807, 2.05) is 0 Å². The van der Waals surface area contributed by atoms with Crippen molar-refractivity contribution in [2.24, 2.45) is 0 Å². The lowest BCUT2D eigenvalue weighted by molar-refractivity contribution is -0.137. The number of hydrogen-bond donors (Lipinski definition) is 1. The molecule has 1 atom stereocenters. The molecule has 0 saturated carbocycles. The van der Waals surface area contributed by atoms with E-state index in [1.165, 1.54) is 18.4 Å². The summed E-state index contributed by atoms with van der Waals surface area (Å²) in [7, 11) is 0. The van der Waals surface area contributed by atoms with Crippen molar-refractivity contribution in [3.8, 4) is 6.07 Å². The Kier molecular flexibility index (Phi) is 3.70. The first-order valence-corrected chi connectivity index (χ1v) is 5.83. The Labute approximate surface area is 113 Å². The lowest BCUT2D eigenvalue weighted by Gasteiger charge is -2.18. The van der Waals surface area contributed by atoms with Gasteiger partial charge in [0.25, 0.3) is 0 Å². The number of nitriles is 1. The number of nitrogens with one attached hydrogen (secondary N) is 1. The Morgan fingerprint density at radius 2 is 2.05 bits per heavy atom. The summed E-state index contributed by atoms with van der Waals surface area (Å²) >= 11 is 0. The second-order valence-electron chi connectivity index (χ2n) is 4.25. The molecule has 0 amide bonds. The molecule has 0 spiro atoms. The number of anilines is 1. The first kappa shape index (κ1) is 14.0. The van der Waals surface area contributed by atoms with Crippen LogP contribution in [0.3, 0.4) is 0 Å². The monoisotopic (exact) mass is 280 g/mol. The predicted octanol–water partition coefficient (Wildman–Crippen LogP) is 4.34. The molecular weight excluding hydrogens is 269 g/mol. The molecule has 0 radical (unpaired) electrons. The topological polar surface area (TPSA) is 49.0 Å². The van der Waals surface area contributed by atoms with Gasteiger partial charge in [-0.15, -0.1) is 0 Å². The van der Waals surface area contributed by atoms with Crippen LogP contribution in [0, 0.1) is 11.3 Å². The molecule has 2 aromatic rings. The number of alkyl halides is 3. The van der Waals surface area contributed by atoms with Crippen LogP contribution < -0.4 is 5.32 Å². The minimum absolute atomic E-state index is 0.0338. The fourth-order valence-corrected chi connectivity index (χ4v) is 1.82. The van der Waals surface area contributed by atoms with Crippen LogP contribution in [0.4, 0.5) is 18.9 Å². The Bertz CT molecular complexity index is 627. The van der Waals surface area contributed by atoms with Crippen molar-refractivity contribution in [3.05, 3.63) is 53.5 Å². The first-order valence-electron chi connectivity index (χ1n) is 5.83. The molecule has 0 aliphatic heterocycles. The summed E-state index contributed by atoms with van der Waals surface area (Å²) in [6.45, 7) is 1.69. The molecule has 20 heavy (non-hydrogen) atoms. The molecule has 6 heteroatoms. The summed E-state index contributed by atoms with van der Waals surface area (Å²) in [5, 5.41) is 11.4. The van der Waals surface area contributed by atoms with Gasteiger partial charge in [-0.25, -0.2) is 0 Å². The van der Waals surface area contributed by atoms with Gasteiger partial charge in [-0.3, -0.25) is 0 Å². The summed E-state index contributed by atoms with van der Waals surface area (Å²) in [6.07, 6.45) is -3.07. The number of hydrogen-bond acceptors (Lipinski definition) is 3. The van der Waals surface area contributed by atoms with E-state index in [2.05, 4.69) is 5.32 Å². The fraction of sp³-hybridized carbons (Fsp3) is 0.214. The van der Waals surface area contributed by atoms with Crippen molar-refractivity contribution in [1.82, 2.24) is 0 Å². The van der Waals surface area contributed by atoms with Crippen LogP contribution in [0.15, 0.2) is 41.0 Å². The zero-order valence-corrected chi connectivity index (χ0v) is 10.5. The highest BCUT2D eigenvalue weighted by Crippen LogP contribution is 2.36. The third-order valence-corrected chi connectivity index (χ3v) is 2.80. The van der Waals surface area contributed by atoms with E-state index in [9.17, 15) is 13.2 Å². The first-order chi connectivity index (χ1) is 9.41. The van der Waals surface area contributed by atoms with Crippen molar-refractivity contribution in [2.45, 2.75) is 19.1 Å². The lowest BCUT2D eigenvalue weighted by atomic mass is 10.1. The molecular formula is C14H11F3N2O. The van der Waals surface area contributed by atoms with Gasteiger partial charge in [0.1, 0.15) is 5.76 Å². The number of nitrogens with zero attached hydrogens (tertiary/aromatic N) is 1. The Morgan fingerprint density at radius 3 is 2.60 bits per heavy atom. The van der Waals surface area contributed by atoms with E-state index in [4.69, 9.17) is 9.68 Å². The molecule has 2 rings (SSSR count). The number of benzene rings is 1. The zero-order valence-electron chi connectivity index (χ0n) is 10.5. The summed E-state index contributed by atoms with van der Waals surface area (Å²) in [4.78, 5) is 0. The van der Waals surface area contributed by atoms with Gasteiger partial charge in [-0.2, -0.15) is 18.4 Å². The molecule has 3 nitrogen and oxygen atoms in total. The van der Waals surface area contributed by atoms with Gasteiger partial charge in [-0.05, 0) is 37.3 Å². The quantitative estimate of drug-likeness (QED) is 0.909. The van der Waals surface area contributed by atoms with Crippen LogP contribution in [0.2, 0.25) is 0 Å². The maximum absolute atomic E-state index is 13.0. The summed E-state index contributed by atoms with van der Waals surface area (Å²) < 4.78 is 44.1. The van der Waals surface area contributed by atoms with Crippen LogP contribution in [0.1, 0.15) is 29.9 Å². The fourth-order valence-electron chi connectivity index (χ4n) is 1.82. The maximum atomic E-state index is 13.0. The van der Waals surface area contributed by atoms with E-state index in [0.29, 0.717) is 5.76 Å². The minimum Gasteiger partial charge on any atom is -0.467 e. The molecule has 1 unspecified atom stereocenters. The van der Waals surface area contributed by atoms with E-state index < -0.39 is 17.8 Å². The highest BCUT2D eigenvalue weighted by atomic mass is 19.4. The lowest BCUT2D eigenvalue weighted by Crippen LogP contribution is -2.13. The van der Waals surface area contributed by atoms with Gasteiger partial charge in [0.2, 0.25) is 0 Å². The van der Waals surface area contributed by atoms with E-state index in [1.54, 1.807) is 25.1 Å². The van der Waals surface area contributed by atoms with Gasteiger partial charge in [0.05, 0.1) is 29.5 Å². The maximum Gasteiger partial charge on any atom is 0.418 e. The van der Waals surface area contributed by atoms with Crippen LogP contribution in [-0.4, -0.2) is 0 Å². The molecule has 1 N–H and O–H groups in total. The van der Waals surface area contributed by atoms with Crippen LogP contribution >= 0.6 is 0 Å². The molecule has 104 valence electrons. The van der Waals surface area contributed by atoms with Gasteiger partial charge >= 0.3 is 6.18 Å². The van der Waals surface area contributed by atoms with Gasteiger partial charge in [0, 0.05) is 5.69 Å². The average Bonchev–Trinajstić information content (AvgIpc) is 2.91. The second kappa shape index (κ2) is 5.29. The van der Waals surface area contributed by atoms with Crippen LogP contribution in [-0.2, 0) is 6.18 Å². The Hall–Kier alpha value is -2.42. The third kappa shape index (κ3) is 2.94. The second-order valence-corrected chi connectivity index (χ2v) is 4.25. The molecule has 0 aliphatic carbocycles. The van der Waals surface area contributed by atoms with Crippen molar-refractivity contribution >= 4 is 5.69 Å². The highest BCUT2D eigenvalue weighted by molar-refractivity contribution is 5.56. The summed E-state index contributed by atoms with van der Waals surface area (Å²) in [6, 6.07) is 8.04. The zero-order chi connectivity index (χ0) is 14.8. The van der Waals surface area contributed by atoms with E-state index >= 15 is 0 Å². The van der Waals surface area contributed by atoms with Crippen molar-refractivity contribution < 1.29 is 17.6 Å². The summed E-state index contributed by atoms with van der Waals surface area (Å²) in [5.74, 6) is 0.530. The van der Waals surface area contributed by atoms with Crippen LogP contribution in [0.25, 0.3) is 0 Å². The van der Waals surface area contributed by atoms with Gasteiger partial charge < -0.3 is 9.73 Å². The molecule has 0 aliphatic rings. The van der Waals surface area contributed by atoms with Gasteiger partial charge in [0.15, 0.2) is 0 Å². The predicted molar refractivity (Wildman–Crippen MR) is 66.9 cm³/mol. The number of rotatable bonds is 3. The Morgan fingerprint density at radius 1 is 1.30 bits per heavy atom. The molecule has 0 bridgehead atoms. The number of furan rings is 1. The largest absolute Gasteiger partial charge is 0.467 e. The molecule has 1 heterocycles. The third-order valence-electron chi connectivity index (χ3n) is 2.80. The highest BCUT2D eigenvalue weighted by Gasteiger charge is 2.34. The SMILES string of the molecule is CC(Nc1ccc(C#N)cc1C(F)(F)F)c1ccco1. The van der Waals surface area contributed by atoms with E-state index in [-0.39, 0.29) is 11.3 Å². The standard InChI is InChI=1S/C14H11F3N2O/c1-9(13-3-2-6-20-13)19-12-5-4-10(8-18)7-11(12)14(15,16)17/h2-7,9,19H,1H3. The van der Waals surface area contributed by atoms with Crippen LogP contribution in [0.5, 0.6) is 0 Å². The van der Waals surface area contributed by atoms with Crippen molar-refractivity contribution in [2.75, 3.05) is 5.32 Å². The summed E-state index contributed by atoms with van der Waals surface area (Å²) in [5.41, 5.74) is -0.983. The molecule has 1 aromatic heterocycles. The normalized spacial score (nSPS) is 12.8. The molecule has 1 aromatic carbocycles. The number of halogens is 3. The van der Waals surface area contributed by atoms with E-state index in [0.717, 1.165) is 6.07 Å². The minimum atomic E-state index is -4.53. The Balaban J connectivity index is 2.34.